The van der Waals surface area contributed by atoms with Gasteiger partial charge in [0.05, 0.1) is 44.0 Å². The Bertz CT molecular complexity index is 867. The molecule has 0 spiro atoms. The van der Waals surface area contributed by atoms with Crippen LogP contribution in [0.3, 0.4) is 0 Å². The molecule has 2 aromatic carbocycles. The Morgan fingerprint density at radius 3 is 2.31 bits per heavy atom. The highest BCUT2D eigenvalue weighted by Gasteiger charge is 2.31. The molecule has 1 aliphatic rings. The molecule has 1 atom stereocenters. The monoisotopic (exact) mass is 402 g/mol. The summed E-state index contributed by atoms with van der Waals surface area (Å²) in [5.41, 5.74) is 0.566. The molecule has 9 nitrogen and oxygen atoms in total. The lowest BCUT2D eigenvalue weighted by Gasteiger charge is -2.28. The lowest BCUT2D eigenvalue weighted by molar-refractivity contribution is -0.386. The van der Waals surface area contributed by atoms with Crippen molar-refractivity contribution >= 4 is 11.8 Å². The molecule has 0 aliphatic carbocycles. The van der Waals surface area contributed by atoms with Crippen molar-refractivity contribution in [1.82, 2.24) is 4.90 Å². The van der Waals surface area contributed by atoms with Crippen LogP contribution >= 0.6 is 0 Å². The van der Waals surface area contributed by atoms with E-state index in [9.17, 15) is 14.9 Å². The summed E-state index contributed by atoms with van der Waals surface area (Å²) < 4.78 is 21.5. The van der Waals surface area contributed by atoms with Gasteiger partial charge in [-0.05, 0) is 11.6 Å². The maximum atomic E-state index is 12.7. The minimum Gasteiger partial charge on any atom is -0.493 e. The van der Waals surface area contributed by atoms with Crippen molar-refractivity contribution < 1.29 is 28.7 Å². The van der Waals surface area contributed by atoms with Crippen molar-refractivity contribution in [3.05, 3.63) is 63.7 Å². The first-order valence-corrected chi connectivity index (χ1v) is 9.03. The maximum Gasteiger partial charge on any atom is 0.410 e. The molecule has 1 unspecified atom stereocenters. The Balaban J connectivity index is 2.06. The Kier molecular flexibility index (Phi) is 6.50. The number of ether oxygens (including phenoxy) is 4. The van der Waals surface area contributed by atoms with Crippen LogP contribution in [0.25, 0.3) is 0 Å². The Morgan fingerprint density at radius 2 is 1.72 bits per heavy atom. The highest BCUT2D eigenvalue weighted by Crippen LogP contribution is 2.40. The molecule has 0 aromatic heterocycles. The molecule has 1 fully saturated rings. The number of nitrogens with zero attached hydrogens (tertiary/aromatic N) is 2. The first kappa shape index (κ1) is 20.4. The summed E-state index contributed by atoms with van der Waals surface area (Å²) in [6.45, 7) is 1.63. The van der Waals surface area contributed by atoms with E-state index in [1.807, 2.05) is 6.07 Å². The van der Waals surface area contributed by atoms with E-state index in [0.717, 1.165) is 0 Å². The Morgan fingerprint density at radius 1 is 1.10 bits per heavy atom. The van der Waals surface area contributed by atoms with Crippen molar-refractivity contribution in [2.24, 2.45) is 0 Å². The van der Waals surface area contributed by atoms with Crippen molar-refractivity contribution in [2.45, 2.75) is 6.10 Å². The second kappa shape index (κ2) is 9.24. The molecule has 29 heavy (non-hydrogen) atoms. The van der Waals surface area contributed by atoms with Gasteiger partial charge in [0, 0.05) is 13.1 Å². The quantitative estimate of drug-likeness (QED) is 0.540. The number of hydrogen-bond donors (Lipinski definition) is 0. The van der Waals surface area contributed by atoms with E-state index >= 15 is 0 Å². The second-order valence-corrected chi connectivity index (χ2v) is 6.30. The summed E-state index contributed by atoms with van der Waals surface area (Å²) in [5.74, 6) is 0.519. The van der Waals surface area contributed by atoms with E-state index in [4.69, 9.17) is 18.9 Å². The summed E-state index contributed by atoms with van der Waals surface area (Å²) >= 11 is 0. The number of nitro benzene ring substituents is 1. The number of nitro groups is 1. The third-order valence-corrected chi connectivity index (χ3v) is 4.60. The Hall–Kier alpha value is -3.33. The summed E-state index contributed by atoms with van der Waals surface area (Å²) in [6.07, 6.45) is -1.56. The molecule has 9 heteroatoms. The van der Waals surface area contributed by atoms with Crippen LogP contribution in [0.2, 0.25) is 0 Å². The van der Waals surface area contributed by atoms with Crippen LogP contribution in [-0.2, 0) is 9.47 Å². The molecule has 1 aliphatic heterocycles. The molecule has 1 amide bonds. The van der Waals surface area contributed by atoms with Gasteiger partial charge in [-0.15, -0.1) is 0 Å². The topological polar surface area (TPSA) is 100 Å². The summed E-state index contributed by atoms with van der Waals surface area (Å²) in [7, 11) is 2.83. The SMILES string of the molecule is COc1cc(C(OC(=O)N2CCOCC2)c2ccccc2)c([N+](=O)[O-])cc1OC. The molecule has 154 valence electrons. The highest BCUT2D eigenvalue weighted by atomic mass is 16.6. The van der Waals surface area contributed by atoms with Crippen molar-refractivity contribution in [3.8, 4) is 11.5 Å². The van der Waals surface area contributed by atoms with E-state index in [-0.39, 0.29) is 17.0 Å². The fourth-order valence-corrected chi connectivity index (χ4v) is 3.11. The molecular weight excluding hydrogens is 380 g/mol. The predicted molar refractivity (Wildman–Crippen MR) is 103 cm³/mol. The summed E-state index contributed by atoms with van der Waals surface area (Å²) in [5, 5.41) is 11.8. The molecule has 3 rings (SSSR count). The zero-order valence-electron chi connectivity index (χ0n) is 16.2. The fraction of sp³-hybridized carbons (Fsp3) is 0.350. The third kappa shape index (κ3) is 4.57. The number of amides is 1. The van der Waals surface area contributed by atoms with Gasteiger partial charge in [0.1, 0.15) is 0 Å². The largest absolute Gasteiger partial charge is 0.493 e. The fourth-order valence-electron chi connectivity index (χ4n) is 3.11. The third-order valence-electron chi connectivity index (χ3n) is 4.60. The van der Waals surface area contributed by atoms with E-state index < -0.39 is 17.1 Å². The molecular formula is C20H22N2O7. The molecule has 2 aromatic rings. The van der Waals surface area contributed by atoms with Gasteiger partial charge >= 0.3 is 6.09 Å². The molecule has 0 N–H and O–H groups in total. The van der Waals surface area contributed by atoms with Crippen LogP contribution in [0.5, 0.6) is 11.5 Å². The van der Waals surface area contributed by atoms with Crippen LogP contribution in [0.4, 0.5) is 10.5 Å². The average Bonchev–Trinajstić information content (AvgIpc) is 2.77. The van der Waals surface area contributed by atoms with Crippen LogP contribution in [-0.4, -0.2) is 56.4 Å². The van der Waals surface area contributed by atoms with Gasteiger partial charge in [0.25, 0.3) is 5.69 Å². The lowest BCUT2D eigenvalue weighted by Crippen LogP contribution is -2.41. The number of morpholine rings is 1. The zero-order valence-corrected chi connectivity index (χ0v) is 16.2. The zero-order chi connectivity index (χ0) is 20.8. The van der Waals surface area contributed by atoms with E-state index in [1.54, 1.807) is 24.3 Å². The first-order valence-electron chi connectivity index (χ1n) is 9.03. The number of methoxy groups -OCH3 is 2. The standard InChI is InChI=1S/C20H22N2O7/c1-26-17-12-15(16(22(24)25)13-18(17)27-2)19(14-6-4-3-5-7-14)29-20(23)21-8-10-28-11-9-21/h3-7,12-13,19H,8-11H2,1-2H3. The number of carbonyl (C=O) groups is 1. The van der Waals surface area contributed by atoms with Gasteiger partial charge in [-0.2, -0.15) is 0 Å². The maximum absolute atomic E-state index is 12.7. The number of benzene rings is 2. The van der Waals surface area contributed by atoms with Gasteiger partial charge in [0.15, 0.2) is 17.6 Å². The van der Waals surface area contributed by atoms with Crippen molar-refractivity contribution in [1.29, 1.82) is 0 Å². The van der Waals surface area contributed by atoms with Crippen LogP contribution < -0.4 is 9.47 Å². The molecule has 0 radical (unpaired) electrons. The minimum atomic E-state index is -0.994. The van der Waals surface area contributed by atoms with Crippen LogP contribution in [0.1, 0.15) is 17.2 Å². The van der Waals surface area contributed by atoms with Gasteiger partial charge in [0.2, 0.25) is 0 Å². The van der Waals surface area contributed by atoms with Crippen molar-refractivity contribution in [3.63, 3.8) is 0 Å². The predicted octanol–water partition coefficient (Wildman–Crippen LogP) is 3.17. The van der Waals surface area contributed by atoms with Crippen LogP contribution in [0.15, 0.2) is 42.5 Å². The van der Waals surface area contributed by atoms with Gasteiger partial charge in [-0.3, -0.25) is 10.1 Å². The molecule has 1 saturated heterocycles. The van der Waals surface area contributed by atoms with Crippen LogP contribution in [0, 0.1) is 10.1 Å². The second-order valence-electron chi connectivity index (χ2n) is 6.30. The molecule has 0 saturated carbocycles. The summed E-state index contributed by atoms with van der Waals surface area (Å²) in [6, 6.07) is 11.6. The highest BCUT2D eigenvalue weighted by molar-refractivity contribution is 5.69. The van der Waals surface area contributed by atoms with Crippen molar-refractivity contribution in [2.75, 3.05) is 40.5 Å². The van der Waals surface area contributed by atoms with E-state index in [0.29, 0.717) is 37.6 Å². The van der Waals surface area contributed by atoms with E-state index in [2.05, 4.69) is 0 Å². The van der Waals surface area contributed by atoms with E-state index in [1.165, 1.54) is 31.3 Å². The van der Waals surface area contributed by atoms with Gasteiger partial charge < -0.3 is 23.8 Å². The normalized spacial score (nSPS) is 14.8. The Labute approximate surface area is 167 Å². The van der Waals surface area contributed by atoms with Gasteiger partial charge in [-0.1, -0.05) is 30.3 Å². The smallest absolute Gasteiger partial charge is 0.410 e. The molecule has 0 bridgehead atoms. The lowest BCUT2D eigenvalue weighted by atomic mass is 9.99. The first-order chi connectivity index (χ1) is 14.0. The van der Waals surface area contributed by atoms with Gasteiger partial charge in [-0.25, -0.2) is 4.79 Å². The molecule has 1 heterocycles. The number of hydrogen-bond acceptors (Lipinski definition) is 7. The number of carbonyl (C=O) groups excluding carboxylic acids is 1. The minimum absolute atomic E-state index is 0.195. The average molecular weight is 402 g/mol. The summed E-state index contributed by atoms with van der Waals surface area (Å²) in [4.78, 5) is 25.5. The number of rotatable bonds is 6.